The number of nitro groups is 1. The van der Waals surface area contributed by atoms with Gasteiger partial charge in [-0.15, -0.1) is 0 Å². The molecule has 0 aliphatic rings. The molecule has 2 aromatic carbocycles. The topological polar surface area (TPSA) is 113 Å². The predicted molar refractivity (Wildman–Crippen MR) is 87.6 cm³/mol. The van der Waals surface area contributed by atoms with Gasteiger partial charge in [0.2, 0.25) is 10.0 Å². The second-order valence-electron chi connectivity index (χ2n) is 5.10. The fourth-order valence-corrected chi connectivity index (χ4v) is 3.69. The third-order valence-electron chi connectivity index (χ3n) is 3.34. The molecule has 0 fully saturated rings. The normalized spacial score (nSPS) is 12.3. The average Bonchev–Trinajstić information content (AvgIpc) is 2.55. The van der Waals surface area contributed by atoms with Crippen LogP contribution in [0.25, 0.3) is 0 Å². The maximum absolute atomic E-state index is 12.5. The Morgan fingerprint density at radius 3 is 2.38 bits per heavy atom. The minimum Gasteiger partial charge on any atom is -0.258 e. The third-order valence-corrected chi connectivity index (χ3v) is 4.90. The van der Waals surface area contributed by atoms with Crippen molar-refractivity contribution in [3.8, 4) is 6.07 Å². The lowest BCUT2D eigenvalue weighted by Crippen LogP contribution is -2.36. The van der Waals surface area contributed by atoms with Crippen molar-refractivity contribution in [2.24, 2.45) is 0 Å². The maximum Gasteiger partial charge on any atom is 0.289 e. The van der Waals surface area contributed by atoms with E-state index in [1.54, 1.807) is 0 Å². The number of benzene rings is 2. The first-order chi connectivity index (χ1) is 11.4. The van der Waals surface area contributed by atoms with Gasteiger partial charge in [-0.2, -0.15) is 5.26 Å². The van der Waals surface area contributed by atoms with Gasteiger partial charge in [0, 0.05) is 12.1 Å². The van der Waals surface area contributed by atoms with E-state index in [2.05, 4.69) is 4.72 Å². The molecule has 1 atom stereocenters. The number of rotatable bonds is 7. The second kappa shape index (κ2) is 7.68. The van der Waals surface area contributed by atoms with Gasteiger partial charge < -0.3 is 0 Å². The predicted octanol–water partition coefficient (Wildman–Crippen LogP) is 2.40. The van der Waals surface area contributed by atoms with Gasteiger partial charge >= 0.3 is 0 Å². The Labute approximate surface area is 139 Å². The minimum atomic E-state index is -4.12. The highest BCUT2D eigenvalue weighted by molar-refractivity contribution is 7.89. The Kier molecular flexibility index (Phi) is 5.63. The van der Waals surface area contributed by atoms with Crippen molar-refractivity contribution >= 4 is 15.7 Å². The lowest BCUT2D eigenvalue weighted by molar-refractivity contribution is -0.387. The third kappa shape index (κ3) is 4.38. The van der Waals surface area contributed by atoms with Crippen LogP contribution in [0.15, 0.2) is 59.5 Å². The quantitative estimate of drug-likeness (QED) is 0.611. The van der Waals surface area contributed by atoms with E-state index in [4.69, 9.17) is 5.26 Å². The summed E-state index contributed by atoms with van der Waals surface area (Å²) >= 11 is 0. The zero-order valence-corrected chi connectivity index (χ0v) is 13.4. The number of nitro benzene ring substituents is 1. The molecule has 1 N–H and O–H groups in total. The summed E-state index contributed by atoms with van der Waals surface area (Å²) in [4.78, 5) is 9.88. The first kappa shape index (κ1) is 17.6. The number of nitriles is 1. The van der Waals surface area contributed by atoms with Crippen LogP contribution in [0.3, 0.4) is 0 Å². The van der Waals surface area contributed by atoms with Crippen LogP contribution in [0.4, 0.5) is 5.69 Å². The Morgan fingerprint density at radius 2 is 1.75 bits per heavy atom. The molecule has 0 bridgehead atoms. The Bertz CT molecular complexity index is 860. The summed E-state index contributed by atoms with van der Waals surface area (Å²) in [5.41, 5.74) is 0.364. The van der Waals surface area contributed by atoms with Gasteiger partial charge in [0.05, 0.1) is 17.4 Å². The Balaban J connectivity index is 2.28. The van der Waals surface area contributed by atoms with Crippen LogP contribution in [0.1, 0.15) is 12.0 Å². The van der Waals surface area contributed by atoms with Crippen LogP contribution in [0.5, 0.6) is 0 Å². The molecule has 0 aromatic heterocycles. The van der Waals surface area contributed by atoms with Gasteiger partial charge in [0.25, 0.3) is 5.69 Å². The molecule has 1 unspecified atom stereocenters. The van der Waals surface area contributed by atoms with Gasteiger partial charge in [-0.05, 0) is 18.1 Å². The van der Waals surface area contributed by atoms with E-state index < -0.39 is 31.6 Å². The van der Waals surface area contributed by atoms with Gasteiger partial charge in [-0.3, -0.25) is 10.1 Å². The molecular formula is C16H15N3O4S. The summed E-state index contributed by atoms with van der Waals surface area (Å²) in [6.45, 7) is 0. The number of hydrogen-bond acceptors (Lipinski definition) is 5. The van der Waals surface area contributed by atoms with E-state index in [1.165, 1.54) is 18.2 Å². The Morgan fingerprint density at radius 1 is 1.12 bits per heavy atom. The fraction of sp³-hybridized carbons (Fsp3) is 0.188. The van der Waals surface area contributed by atoms with Gasteiger partial charge in [0.1, 0.15) is 0 Å². The molecule has 0 aliphatic heterocycles. The van der Waals surface area contributed by atoms with Crippen LogP contribution < -0.4 is 4.72 Å². The zero-order valence-electron chi connectivity index (χ0n) is 12.6. The van der Waals surface area contributed by atoms with Crippen molar-refractivity contribution in [2.75, 3.05) is 0 Å². The molecule has 0 saturated heterocycles. The summed E-state index contributed by atoms with van der Waals surface area (Å²) in [5, 5.41) is 20.0. The minimum absolute atomic E-state index is 0.0469. The Hall–Kier alpha value is -2.76. The highest BCUT2D eigenvalue weighted by Crippen LogP contribution is 2.23. The smallest absolute Gasteiger partial charge is 0.258 e. The van der Waals surface area contributed by atoms with Crippen LogP contribution >= 0.6 is 0 Å². The zero-order chi connectivity index (χ0) is 17.6. The average molecular weight is 345 g/mol. The van der Waals surface area contributed by atoms with E-state index in [0.717, 1.165) is 11.6 Å². The van der Waals surface area contributed by atoms with E-state index in [0.29, 0.717) is 6.42 Å². The molecule has 0 heterocycles. The van der Waals surface area contributed by atoms with Crippen molar-refractivity contribution in [3.63, 3.8) is 0 Å². The molecular weight excluding hydrogens is 330 g/mol. The van der Waals surface area contributed by atoms with E-state index in [9.17, 15) is 18.5 Å². The van der Waals surface area contributed by atoms with Crippen LogP contribution in [-0.2, 0) is 16.4 Å². The first-order valence-electron chi connectivity index (χ1n) is 7.10. The van der Waals surface area contributed by atoms with Crippen molar-refractivity contribution < 1.29 is 13.3 Å². The molecule has 124 valence electrons. The molecule has 0 radical (unpaired) electrons. The molecule has 0 aliphatic carbocycles. The summed E-state index contributed by atoms with van der Waals surface area (Å²) in [6.07, 6.45) is 0.267. The molecule has 0 spiro atoms. The number of hydrogen-bond donors (Lipinski definition) is 1. The van der Waals surface area contributed by atoms with E-state index >= 15 is 0 Å². The standard InChI is InChI=1S/C16H15N3O4S/c17-11-10-14(12-13-6-2-1-3-7-13)18-24(22,23)16-9-5-4-8-15(16)19(20)21/h1-9,14,18H,10,12H2. The summed E-state index contributed by atoms with van der Waals surface area (Å²) in [7, 11) is -4.12. The van der Waals surface area contributed by atoms with Gasteiger partial charge in [0.15, 0.2) is 4.90 Å². The van der Waals surface area contributed by atoms with E-state index in [1.807, 2.05) is 36.4 Å². The molecule has 0 saturated carbocycles. The molecule has 2 aromatic rings. The fourth-order valence-electron chi connectivity index (χ4n) is 2.28. The molecule has 2 rings (SSSR count). The summed E-state index contributed by atoms with van der Waals surface area (Å²) < 4.78 is 27.4. The van der Waals surface area contributed by atoms with Crippen LogP contribution in [0, 0.1) is 21.4 Å². The van der Waals surface area contributed by atoms with Crippen molar-refractivity contribution in [1.82, 2.24) is 4.72 Å². The van der Waals surface area contributed by atoms with Gasteiger partial charge in [-0.1, -0.05) is 42.5 Å². The summed E-state index contributed by atoms with van der Waals surface area (Å²) in [5.74, 6) is 0. The van der Waals surface area contributed by atoms with Crippen molar-refractivity contribution in [3.05, 3.63) is 70.3 Å². The second-order valence-corrected chi connectivity index (χ2v) is 6.78. The van der Waals surface area contributed by atoms with Crippen molar-refractivity contribution in [2.45, 2.75) is 23.8 Å². The van der Waals surface area contributed by atoms with Crippen LogP contribution in [-0.4, -0.2) is 19.4 Å². The summed E-state index contributed by atoms with van der Waals surface area (Å²) in [6, 6.07) is 15.5. The molecule has 0 amide bonds. The highest BCUT2D eigenvalue weighted by Gasteiger charge is 2.27. The maximum atomic E-state index is 12.5. The number of nitrogens with zero attached hydrogens (tertiary/aromatic N) is 2. The molecule has 24 heavy (non-hydrogen) atoms. The highest BCUT2D eigenvalue weighted by atomic mass is 32.2. The SMILES string of the molecule is N#CCC(Cc1ccccc1)NS(=O)(=O)c1ccccc1[N+](=O)[O-]. The van der Waals surface area contributed by atoms with E-state index in [-0.39, 0.29) is 6.42 Å². The monoisotopic (exact) mass is 345 g/mol. The largest absolute Gasteiger partial charge is 0.289 e. The first-order valence-corrected chi connectivity index (χ1v) is 8.59. The number of sulfonamides is 1. The van der Waals surface area contributed by atoms with Crippen molar-refractivity contribution in [1.29, 1.82) is 5.26 Å². The van der Waals surface area contributed by atoms with Crippen LogP contribution in [0.2, 0.25) is 0 Å². The van der Waals surface area contributed by atoms with Gasteiger partial charge in [-0.25, -0.2) is 13.1 Å². The number of para-hydroxylation sites is 1. The lowest BCUT2D eigenvalue weighted by Gasteiger charge is -2.16. The number of nitrogens with one attached hydrogen (secondary N) is 1. The lowest BCUT2D eigenvalue weighted by atomic mass is 10.1. The molecule has 7 nitrogen and oxygen atoms in total. The molecule has 8 heteroatoms.